The van der Waals surface area contributed by atoms with E-state index in [1.807, 2.05) is 6.07 Å². The molecule has 26 heavy (non-hydrogen) atoms. The van der Waals surface area contributed by atoms with E-state index in [0.717, 1.165) is 5.56 Å². The van der Waals surface area contributed by atoms with Crippen molar-refractivity contribution in [2.45, 2.75) is 11.4 Å². The molecular formula is C17H20Cl2N4O2S. The molecule has 0 saturated heterocycles. The van der Waals surface area contributed by atoms with E-state index in [2.05, 4.69) is 20.3 Å². The average Bonchev–Trinajstić information content (AvgIpc) is 2.63. The van der Waals surface area contributed by atoms with Gasteiger partial charge in [-0.05, 0) is 29.8 Å². The Morgan fingerprint density at radius 3 is 2.42 bits per heavy atom. The Labute approximate surface area is 163 Å². The first kappa shape index (κ1) is 20.5. The Kier molecular flexibility index (Phi) is 7.71. The van der Waals surface area contributed by atoms with Crippen LogP contribution in [0.25, 0.3) is 0 Å². The number of aliphatic imine (C=N–C) groups is 1. The van der Waals surface area contributed by atoms with E-state index in [0.29, 0.717) is 29.1 Å². The lowest BCUT2D eigenvalue weighted by Gasteiger charge is -2.13. The van der Waals surface area contributed by atoms with Crippen LogP contribution in [0.1, 0.15) is 5.56 Å². The summed E-state index contributed by atoms with van der Waals surface area (Å²) in [6, 6.07) is 13.5. The molecule has 0 spiro atoms. The molecule has 6 nitrogen and oxygen atoms in total. The Hall–Kier alpha value is -1.80. The number of benzene rings is 2. The molecule has 0 aliphatic carbocycles. The summed E-state index contributed by atoms with van der Waals surface area (Å²) in [5, 5.41) is 7.29. The van der Waals surface area contributed by atoms with Crippen molar-refractivity contribution in [2.24, 2.45) is 4.99 Å². The van der Waals surface area contributed by atoms with Crippen molar-refractivity contribution in [2.75, 3.05) is 20.1 Å². The highest BCUT2D eigenvalue weighted by Crippen LogP contribution is 2.20. The topological polar surface area (TPSA) is 82.6 Å². The molecule has 2 aromatic carbocycles. The minimum absolute atomic E-state index is 0.222. The van der Waals surface area contributed by atoms with Crippen LogP contribution in [0.5, 0.6) is 0 Å². The van der Waals surface area contributed by atoms with Crippen molar-refractivity contribution in [1.29, 1.82) is 0 Å². The third-order valence-corrected chi connectivity index (χ3v) is 5.51. The molecule has 2 rings (SSSR count). The first-order chi connectivity index (χ1) is 12.4. The largest absolute Gasteiger partial charge is 0.355 e. The summed E-state index contributed by atoms with van der Waals surface area (Å²) in [5.74, 6) is 0.537. The fraction of sp³-hybridized carbons (Fsp3) is 0.235. The smallest absolute Gasteiger partial charge is 0.240 e. The number of nitrogens with one attached hydrogen (secondary N) is 3. The summed E-state index contributed by atoms with van der Waals surface area (Å²) in [4.78, 5) is 4.33. The molecule has 0 aliphatic heterocycles. The maximum Gasteiger partial charge on any atom is 0.240 e. The summed E-state index contributed by atoms with van der Waals surface area (Å²) in [6.45, 7) is 1.06. The standard InChI is InChI=1S/C17H20Cl2N4O2S/c1-20-17(22-12-13-7-8-14(18)11-16(13)19)21-9-10-23-26(24,25)15-5-3-2-4-6-15/h2-8,11,23H,9-10,12H2,1H3,(H2,20,21,22). The zero-order valence-corrected chi connectivity index (χ0v) is 16.5. The molecule has 0 fully saturated rings. The first-order valence-electron chi connectivity index (χ1n) is 7.85. The van der Waals surface area contributed by atoms with E-state index in [1.54, 1.807) is 49.5 Å². The van der Waals surface area contributed by atoms with E-state index in [9.17, 15) is 8.42 Å². The number of rotatable bonds is 7. The van der Waals surface area contributed by atoms with Crippen molar-refractivity contribution in [3.63, 3.8) is 0 Å². The third kappa shape index (κ3) is 6.17. The van der Waals surface area contributed by atoms with Gasteiger partial charge in [-0.1, -0.05) is 47.5 Å². The highest BCUT2D eigenvalue weighted by molar-refractivity contribution is 7.89. The number of hydrogen-bond donors (Lipinski definition) is 3. The summed E-state index contributed by atoms with van der Waals surface area (Å²) >= 11 is 12.0. The molecule has 0 heterocycles. The second kappa shape index (κ2) is 9.78. The number of hydrogen-bond acceptors (Lipinski definition) is 3. The molecule has 3 N–H and O–H groups in total. The third-order valence-electron chi connectivity index (χ3n) is 3.45. The molecule has 0 saturated carbocycles. The molecule has 0 amide bonds. The zero-order chi connectivity index (χ0) is 19.0. The monoisotopic (exact) mass is 414 g/mol. The minimum atomic E-state index is -3.51. The average molecular weight is 415 g/mol. The van der Waals surface area contributed by atoms with Gasteiger partial charge in [-0.15, -0.1) is 0 Å². The summed E-state index contributed by atoms with van der Waals surface area (Å²) in [6.07, 6.45) is 0. The molecule has 9 heteroatoms. The molecule has 0 atom stereocenters. The number of halogens is 2. The van der Waals surface area contributed by atoms with Crippen LogP contribution in [0.2, 0.25) is 10.0 Å². The first-order valence-corrected chi connectivity index (χ1v) is 10.1. The molecule has 0 bridgehead atoms. The molecular weight excluding hydrogens is 395 g/mol. The van der Waals surface area contributed by atoms with Gasteiger partial charge in [0.2, 0.25) is 10.0 Å². The van der Waals surface area contributed by atoms with Crippen LogP contribution in [0.15, 0.2) is 58.4 Å². The van der Waals surface area contributed by atoms with E-state index in [4.69, 9.17) is 23.2 Å². The maximum absolute atomic E-state index is 12.1. The van der Waals surface area contributed by atoms with E-state index < -0.39 is 10.0 Å². The SMILES string of the molecule is CN=C(NCCNS(=O)(=O)c1ccccc1)NCc1ccc(Cl)cc1Cl. The van der Waals surface area contributed by atoms with Crippen molar-refractivity contribution >= 4 is 39.2 Å². The van der Waals surface area contributed by atoms with Crippen molar-refractivity contribution in [3.8, 4) is 0 Å². The van der Waals surface area contributed by atoms with Gasteiger partial charge >= 0.3 is 0 Å². The second-order valence-electron chi connectivity index (χ2n) is 5.30. The maximum atomic E-state index is 12.1. The normalized spacial score (nSPS) is 12.0. The van der Waals surface area contributed by atoms with Crippen molar-refractivity contribution in [3.05, 3.63) is 64.1 Å². The Bertz CT molecular complexity index is 858. The zero-order valence-electron chi connectivity index (χ0n) is 14.2. The van der Waals surface area contributed by atoms with E-state index in [1.165, 1.54) is 0 Å². The van der Waals surface area contributed by atoms with E-state index >= 15 is 0 Å². The Balaban J connectivity index is 1.79. The predicted octanol–water partition coefficient (Wildman–Crippen LogP) is 2.64. The quantitative estimate of drug-likeness (QED) is 0.369. The molecule has 0 aromatic heterocycles. The second-order valence-corrected chi connectivity index (χ2v) is 7.91. The summed E-state index contributed by atoms with van der Waals surface area (Å²) in [5.41, 5.74) is 0.879. The summed E-state index contributed by atoms with van der Waals surface area (Å²) in [7, 11) is -1.88. The molecule has 0 unspecified atom stereocenters. The molecule has 0 aliphatic rings. The van der Waals surface area contributed by atoms with Crippen LogP contribution in [0.4, 0.5) is 0 Å². The number of guanidine groups is 1. The van der Waals surface area contributed by atoms with Gasteiger partial charge in [-0.2, -0.15) is 0 Å². The van der Waals surface area contributed by atoms with Gasteiger partial charge in [0.25, 0.3) is 0 Å². The lowest BCUT2D eigenvalue weighted by Crippen LogP contribution is -2.41. The van der Waals surface area contributed by atoms with Gasteiger partial charge in [0.05, 0.1) is 4.90 Å². The van der Waals surface area contributed by atoms with Gasteiger partial charge in [0, 0.05) is 36.7 Å². The highest BCUT2D eigenvalue weighted by Gasteiger charge is 2.12. The fourth-order valence-corrected chi connectivity index (χ4v) is 3.64. The van der Waals surface area contributed by atoms with Crippen LogP contribution < -0.4 is 15.4 Å². The van der Waals surface area contributed by atoms with Crippen molar-refractivity contribution < 1.29 is 8.42 Å². The van der Waals surface area contributed by atoms with Crippen LogP contribution >= 0.6 is 23.2 Å². The van der Waals surface area contributed by atoms with Crippen LogP contribution in [0.3, 0.4) is 0 Å². The Morgan fingerprint density at radius 1 is 1.04 bits per heavy atom. The van der Waals surface area contributed by atoms with Crippen molar-refractivity contribution in [1.82, 2.24) is 15.4 Å². The highest BCUT2D eigenvalue weighted by atomic mass is 35.5. The molecule has 0 radical (unpaired) electrons. The molecule has 2 aromatic rings. The van der Waals surface area contributed by atoms with Crippen LogP contribution in [0, 0.1) is 0 Å². The van der Waals surface area contributed by atoms with Gasteiger partial charge in [0.15, 0.2) is 5.96 Å². The lowest BCUT2D eigenvalue weighted by molar-refractivity contribution is 0.580. The van der Waals surface area contributed by atoms with E-state index in [-0.39, 0.29) is 11.4 Å². The Morgan fingerprint density at radius 2 is 1.77 bits per heavy atom. The number of nitrogens with zero attached hydrogens (tertiary/aromatic N) is 1. The van der Waals surface area contributed by atoms with Gasteiger partial charge < -0.3 is 10.6 Å². The van der Waals surface area contributed by atoms with Gasteiger partial charge in [-0.3, -0.25) is 4.99 Å². The van der Waals surface area contributed by atoms with Gasteiger partial charge in [-0.25, -0.2) is 13.1 Å². The van der Waals surface area contributed by atoms with Gasteiger partial charge in [0.1, 0.15) is 0 Å². The minimum Gasteiger partial charge on any atom is -0.355 e. The predicted molar refractivity (Wildman–Crippen MR) is 106 cm³/mol. The van der Waals surface area contributed by atoms with Crippen LogP contribution in [-0.4, -0.2) is 34.5 Å². The number of sulfonamides is 1. The summed E-state index contributed by atoms with van der Waals surface area (Å²) < 4.78 is 26.8. The fourth-order valence-electron chi connectivity index (χ4n) is 2.11. The molecule has 140 valence electrons. The van der Waals surface area contributed by atoms with Crippen LogP contribution in [-0.2, 0) is 16.6 Å². The lowest BCUT2D eigenvalue weighted by atomic mass is 10.2.